The molecule has 62 valence electrons. The Bertz CT molecular complexity index is 107. The molecule has 6 nitrogen and oxygen atoms in total. The van der Waals surface area contributed by atoms with Crippen molar-refractivity contribution in [3.63, 3.8) is 0 Å². The second-order valence-corrected chi connectivity index (χ2v) is 2.29. The third-order valence-electron chi connectivity index (χ3n) is 0.902. The Hall–Kier alpha value is -0.0500. The van der Waals surface area contributed by atoms with Crippen LogP contribution in [0.15, 0.2) is 0 Å². The minimum absolute atomic E-state index is 0.107. The fourth-order valence-electron chi connectivity index (χ4n) is 0.351. The Balaban J connectivity index is 3.34. The summed E-state index contributed by atoms with van der Waals surface area (Å²) in [4.78, 5) is 0. The number of nitrogens with one attached hydrogen (secondary N) is 2. The summed E-state index contributed by atoms with van der Waals surface area (Å²) < 4.78 is 20.4. The number of hydrogen-bond acceptors (Lipinski definition) is 4. The fourth-order valence-corrected chi connectivity index (χ4v) is 0.617. The van der Waals surface area contributed by atoms with Crippen LogP contribution in [-0.4, -0.2) is 32.2 Å². The van der Waals surface area contributed by atoms with Gasteiger partial charge in [-0.3, -0.25) is 4.55 Å². The predicted molar refractivity (Wildman–Crippen MR) is 36.1 cm³/mol. The Labute approximate surface area is 61.6 Å². The molecule has 0 aliphatic rings. The Morgan fingerprint density at radius 3 is 2.60 bits per heavy atom. The van der Waals surface area contributed by atoms with E-state index < -0.39 is 11.3 Å². The zero-order chi connectivity index (χ0) is 7.98. The third kappa shape index (κ3) is 4.79. The van der Waals surface area contributed by atoms with Crippen molar-refractivity contribution < 1.29 is 14.0 Å². The molecule has 0 aliphatic heterocycles. The van der Waals surface area contributed by atoms with Gasteiger partial charge in [-0.2, -0.15) is 4.72 Å². The average Bonchev–Trinajstić information content (AvgIpc) is 1.90. The monoisotopic (exact) mass is 169 g/mol. The van der Waals surface area contributed by atoms with E-state index in [0.717, 1.165) is 0 Å². The van der Waals surface area contributed by atoms with Crippen LogP contribution in [0, 0.1) is 0 Å². The number of hydrogen-bond donors (Lipinski definition) is 4. The molecule has 0 aromatic heterocycles. The van der Waals surface area contributed by atoms with E-state index in [0.29, 0.717) is 6.54 Å². The lowest BCUT2D eigenvalue weighted by atomic mass is 10.7. The molecule has 0 saturated carbocycles. The normalized spacial score (nSPS) is 14.0. The van der Waals surface area contributed by atoms with Gasteiger partial charge >= 0.3 is 0 Å². The van der Waals surface area contributed by atoms with Crippen molar-refractivity contribution in [2.45, 2.75) is 6.92 Å². The van der Waals surface area contributed by atoms with Crippen LogP contribution in [0.2, 0.25) is 0 Å². The van der Waals surface area contributed by atoms with Gasteiger partial charge in [0.2, 0.25) is 11.3 Å². The topological polar surface area (TPSA) is 84.8 Å². The smallest absolute Gasteiger partial charge is 0.232 e. The zero-order valence-corrected chi connectivity index (χ0v) is 6.39. The third-order valence-corrected chi connectivity index (χ3v) is 1.28. The van der Waals surface area contributed by atoms with Crippen molar-refractivity contribution in [1.82, 2.24) is 15.3 Å². The molecule has 0 fully saturated rings. The molecular formula is C3H11N3O3S. The van der Waals surface area contributed by atoms with Gasteiger partial charge in [0.1, 0.15) is 0 Å². The van der Waals surface area contributed by atoms with Crippen molar-refractivity contribution in [3.8, 4) is 0 Å². The highest BCUT2D eigenvalue weighted by Crippen LogP contribution is 1.75. The molecule has 0 heterocycles. The molecular weight excluding hydrogens is 158 g/mol. The quantitative estimate of drug-likeness (QED) is 0.238. The summed E-state index contributed by atoms with van der Waals surface area (Å²) in [5.41, 5.74) is 1.83. The minimum atomic E-state index is -2.03. The molecule has 4 N–H and O–H groups in total. The summed E-state index contributed by atoms with van der Waals surface area (Å²) in [6.45, 7) is 2.42. The van der Waals surface area contributed by atoms with Gasteiger partial charge in [-0.1, -0.05) is 6.92 Å². The molecule has 0 aromatic carbocycles. The summed E-state index contributed by atoms with van der Waals surface area (Å²) >= 11 is -2.03. The maximum Gasteiger partial charge on any atom is 0.232 e. The zero-order valence-electron chi connectivity index (χ0n) is 5.57. The SMILES string of the molecule is CCN(CNS(=O)O)NO. The van der Waals surface area contributed by atoms with Crippen LogP contribution in [0.3, 0.4) is 0 Å². The molecule has 0 spiro atoms. The molecule has 0 aliphatic carbocycles. The fraction of sp³-hybridized carbons (Fsp3) is 1.00. The molecule has 0 amide bonds. The van der Waals surface area contributed by atoms with Crippen LogP contribution in [0.4, 0.5) is 0 Å². The van der Waals surface area contributed by atoms with Crippen molar-refractivity contribution in [3.05, 3.63) is 0 Å². The van der Waals surface area contributed by atoms with Gasteiger partial charge in [-0.25, -0.2) is 9.22 Å². The molecule has 7 heteroatoms. The molecule has 1 unspecified atom stereocenters. The first-order valence-electron chi connectivity index (χ1n) is 2.69. The van der Waals surface area contributed by atoms with Gasteiger partial charge in [-0.15, -0.1) is 5.59 Å². The van der Waals surface area contributed by atoms with Crippen molar-refractivity contribution >= 4 is 11.3 Å². The van der Waals surface area contributed by atoms with Gasteiger partial charge in [0.05, 0.1) is 6.67 Å². The van der Waals surface area contributed by atoms with E-state index in [1.54, 1.807) is 6.92 Å². The standard InChI is InChI=1S/C3H11N3O3S/c1-2-6(5-7)3-4-10(8)9/h4-5,7H,2-3H2,1H3,(H,8,9). The molecule has 0 aromatic rings. The second kappa shape index (κ2) is 5.71. The van der Waals surface area contributed by atoms with E-state index in [4.69, 9.17) is 9.76 Å². The Morgan fingerprint density at radius 2 is 2.30 bits per heavy atom. The van der Waals surface area contributed by atoms with E-state index in [1.807, 2.05) is 5.59 Å². The second-order valence-electron chi connectivity index (χ2n) is 1.51. The molecule has 0 bridgehead atoms. The number of hydrazine groups is 1. The number of rotatable bonds is 5. The first-order chi connectivity index (χ1) is 4.70. The van der Waals surface area contributed by atoms with E-state index in [1.165, 1.54) is 5.01 Å². The van der Waals surface area contributed by atoms with Crippen molar-refractivity contribution in [2.24, 2.45) is 0 Å². The van der Waals surface area contributed by atoms with Crippen LogP contribution in [0.5, 0.6) is 0 Å². The highest BCUT2D eigenvalue weighted by Gasteiger charge is 1.98. The minimum Gasteiger partial charge on any atom is -0.302 e. The van der Waals surface area contributed by atoms with Crippen molar-refractivity contribution in [1.29, 1.82) is 0 Å². The average molecular weight is 169 g/mol. The molecule has 0 rings (SSSR count). The lowest BCUT2D eigenvalue weighted by Gasteiger charge is -2.15. The number of nitrogens with zero attached hydrogens (tertiary/aromatic N) is 1. The predicted octanol–water partition coefficient (Wildman–Crippen LogP) is -1.11. The molecule has 10 heavy (non-hydrogen) atoms. The first kappa shape index (κ1) is 9.95. The molecule has 1 atom stereocenters. The van der Waals surface area contributed by atoms with E-state index in [-0.39, 0.29) is 6.67 Å². The van der Waals surface area contributed by atoms with Gasteiger partial charge < -0.3 is 5.21 Å². The van der Waals surface area contributed by atoms with Gasteiger partial charge in [0, 0.05) is 6.54 Å². The van der Waals surface area contributed by atoms with Gasteiger partial charge in [0.15, 0.2) is 0 Å². The van der Waals surface area contributed by atoms with E-state index >= 15 is 0 Å². The Kier molecular flexibility index (Phi) is 5.69. The molecule has 0 saturated heterocycles. The maximum atomic E-state index is 10.00. The summed E-state index contributed by atoms with van der Waals surface area (Å²) in [5.74, 6) is 0. The van der Waals surface area contributed by atoms with E-state index in [2.05, 4.69) is 4.72 Å². The highest BCUT2D eigenvalue weighted by atomic mass is 32.2. The van der Waals surface area contributed by atoms with E-state index in [9.17, 15) is 4.21 Å². The Morgan fingerprint density at radius 1 is 1.70 bits per heavy atom. The van der Waals surface area contributed by atoms with Crippen LogP contribution in [0.25, 0.3) is 0 Å². The van der Waals surface area contributed by atoms with Crippen LogP contribution >= 0.6 is 0 Å². The summed E-state index contributed by atoms with van der Waals surface area (Å²) in [6.07, 6.45) is 0. The summed E-state index contributed by atoms with van der Waals surface area (Å²) in [6, 6.07) is 0. The van der Waals surface area contributed by atoms with Crippen LogP contribution in [0.1, 0.15) is 6.92 Å². The maximum absolute atomic E-state index is 10.00. The summed E-state index contributed by atoms with van der Waals surface area (Å²) in [5, 5.41) is 9.61. The van der Waals surface area contributed by atoms with Crippen LogP contribution in [-0.2, 0) is 11.3 Å². The highest BCUT2D eigenvalue weighted by molar-refractivity contribution is 7.77. The first-order valence-corrected chi connectivity index (χ1v) is 3.80. The van der Waals surface area contributed by atoms with Gasteiger partial charge in [-0.05, 0) is 0 Å². The summed E-state index contributed by atoms with van der Waals surface area (Å²) in [7, 11) is 0. The van der Waals surface area contributed by atoms with Crippen molar-refractivity contribution in [2.75, 3.05) is 13.2 Å². The lowest BCUT2D eigenvalue weighted by molar-refractivity contribution is -0.0174. The molecule has 0 radical (unpaired) electrons. The largest absolute Gasteiger partial charge is 0.302 e. The lowest BCUT2D eigenvalue weighted by Crippen LogP contribution is -2.42. The van der Waals surface area contributed by atoms with Gasteiger partial charge in [0.25, 0.3) is 0 Å². The van der Waals surface area contributed by atoms with Crippen LogP contribution < -0.4 is 10.3 Å².